The molecule has 0 aliphatic heterocycles. The highest BCUT2D eigenvalue weighted by Gasteiger charge is 2.39. The Kier molecular flexibility index (Phi) is 22.9. The van der Waals surface area contributed by atoms with Gasteiger partial charge in [-0.25, -0.2) is 26.3 Å². The van der Waals surface area contributed by atoms with Crippen LogP contribution in [0.4, 0.5) is 0 Å². The quantitative estimate of drug-likeness (QED) is 0.0436. The topological polar surface area (TPSA) is 212 Å². The first-order valence-electron chi connectivity index (χ1n) is 24.0. The van der Waals surface area contributed by atoms with Crippen molar-refractivity contribution in [3.05, 3.63) is 115 Å². The van der Waals surface area contributed by atoms with Gasteiger partial charge in [0.05, 0.1) is 74.7 Å². The fourth-order valence-electron chi connectivity index (χ4n) is 8.35. The Morgan fingerprint density at radius 1 is 0.514 bits per heavy atom. The largest absolute Gasteiger partial charge is 0.484 e. The number of nitrogens with one attached hydrogen (secondary N) is 4. The average Bonchev–Trinajstić information content (AvgIpc) is 3.91. The minimum Gasteiger partial charge on any atom is -0.484 e. The zero-order valence-corrected chi connectivity index (χ0v) is 46.3. The van der Waals surface area contributed by atoms with Crippen LogP contribution in [0.2, 0.25) is 20.1 Å². The highest BCUT2D eigenvalue weighted by Crippen LogP contribution is 2.43. The number of fused-ring (bicyclic) bond motifs is 2. The summed E-state index contributed by atoms with van der Waals surface area (Å²) in [6, 6.07) is 19.6. The van der Waals surface area contributed by atoms with E-state index in [4.69, 9.17) is 74.8 Å². The smallest absolute Gasteiger partial charge is 0.240 e. The molecule has 6 rings (SSSR count). The number of hydrogen-bond acceptors (Lipinski definition) is 14. The number of ether oxygens (including phenoxy) is 6. The van der Waals surface area contributed by atoms with E-state index in [1.165, 1.54) is 24.3 Å². The van der Waals surface area contributed by atoms with Crippen LogP contribution in [0.15, 0.2) is 82.6 Å². The third kappa shape index (κ3) is 17.3. The molecular weight excluding hydrogens is 1080 g/mol. The van der Waals surface area contributed by atoms with Gasteiger partial charge in [0, 0.05) is 70.2 Å². The van der Waals surface area contributed by atoms with Crippen LogP contribution in [-0.2, 0) is 61.4 Å². The van der Waals surface area contributed by atoms with Crippen LogP contribution in [0.25, 0.3) is 0 Å². The lowest BCUT2D eigenvalue weighted by Gasteiger charge is -2.27. The van der Waals surface area contributed by atoms with Crippen LogP contribution in [0.3, 0.4) is 0 Å². The molecule has 0 saturated carbocycles. The van der Waals surface area contributed by atoms with E-state index in [0.29, 0.717) is 44.4 Å². The normalized spacial score (nSPS) is 17.4. The van der Waals surface area contributed by atoms with Crippen molar-refractivity contribution in [3.63, 3.8) is 0 Å². The molecule has 0 aromatic heterocycles. The zero-order chi connectivity index (χ0) is 53.4. The van der Waals surface area contributed by atoms with E-state index < -0.39 is 20.0 Å². The number of nitrogens with zero attached hydrogens (tertiary/aromatic N) is 2. The van der Waals surface area contributed by atoms with Crippen LogP contribution in [0, 0.1) is 0 Å². The summed E-state index contributed by atoms with van der Waals surface area (Å²) in [4.78, 5) is 28.7. The first-order valence-corrected chi connectivity index (χ1v) is 28.5. The Balaban J connectivity index is 0.726. The summed E-state index contributed by atoms with van der Waals surface area (Å²) in [6.45, 7) is 2.17. The van der Waals surface area contributed by atoms with Crippen LogP contribution in [0.5, 0.6) is 11.5 Å². The van der Waals surface area contributed by atoms with Gasteiger partial charge in [0.25, 0.3) is 0 Å². The van der Waals surface area contributed by atoms with Crippen molar-refractivity contribution in [2.24, 2.45) is 0 Å². The van der Waals surface area contributed by atoms with Crippen molar-refractivity contribution in [1.29, 1.82) is 0 Å². The predicted molar refractivity (Wildman–Crippen MR) is 284 cm³/mol. The van der Waals surface area contributed by atoms with E-state index in [1.807, 2.05) is 40.3 Å². The predicted octanol–water partition coefficient (Wildman–Crippen LogP) is 5.85. The molecule has 406 valence electrons. The van der Waals surface area contributed by atoms with Gasteiger partial charge in [-0.05, 0) is 125 Å². The summed E-state index contributed by atoms with van der Waals surface area (Å²) >= 11 is 25.5. The third-order valence-corrected chi connectivity index (χ3v) is 16.3. The Morgan fingerprint density at radius 3 is 1.19 bits per heavy atom. The monoisotopic (exact) mass is 1140 g/mol. The minimum atomic E-state index is -3.80. The van der Waals surface area contributed by atoms with Crippen molar-refractivity contribution in [1.82, 2.24) is 29.9 Å². The Hall–Kier alpha value is -3.84. The van der Waals surface area contributed by atoms with Crippen molar-refractivity contribution in [3.8, 4) is 11.5 Å². The van der Waals surface area contributed by atoms with Gasteiger partial charge in [0.2, 0.25) is 31.9 Å². The fraction of sp³-hybridized carbons (Fsp3) is 0.480. The molecule has 2 aliphatic rings. The van der Waals surface area contributed by atoms with Gasteiger partial charge in [0.1, 0.15) is 23.7 Å². The van der Waals surface area contributed by atoms with Crippen molar-refractivity contribution in [2.75, 3.05) is 107 Å². The van der Waals surface area contributed by atoms with Crippen LogP contribution in [0.1, 0.15) is 47.3 Å². The number of carbonyl (C=O) groups is 2. The maximum Gasteiger partial charge on any atom is 0.240 e. The lowest BCUT2D eigenvalue weighted by atomic mass is 10.1. The second kappa shape index (κ2) is 28.5. The van der Waals surface area contributed by atoms with E-state index in [9.17, 15) is 26.4 Å². The van der Waals surface area contributed by atoms with Crippen LogP contribution < -0.4 is 29.6 Å². The van der Waals surface area contributed by atoms with E-state index in [0.717, 1.165) is 22.3 Å². The summed E-state index contributed by atoms with van der Waals surface area (Å²) in [5.74, 6) is 0.411. The molecule has 0 heterocycles. The summed E-state index contributed by atoms with van der Waals surface area (Å²) in [5, 5.41) is 7.61. The fourth-order valence-corrected chi connectivity index (χ4v) is 11.5. The second-order valence-corrected chi connectivity index (χ2v) is 23.1. The maximum absolute atomic E-state index is 12.9. The molecule has 0 bridgehead atoms. The number of rotatable bonds is 31. The highest BCUT2D eigenvalue weighted by molar-refractivity contribution is 7.89. The number of likely N-dealkylation sites (N-methyl/N-ethyl adjacent to an activating group) is 2. The molecule has 2 aliphatic carbocycles. The van der Waals surface area contributed by atoms with Crippen molar-refractivity contribution in [2.45, 2.75) is 59.8 Å². The number of carbonyl (C=O) groups excluding carboxylic acids is 2. The summed E-state index contributed by atoms with van der Waals surface area (Å²) in [6.07, 6.45) is 0.704. The first kappa shape index (κ1) is 59.4. The van der Waals surface area contributed by atoms with E-state index >= 15 is 0 Å². The molecule has 0 spiro atoms. The first-order chi connectivity index (χ1) is 35.3. The molecule has 4 aromatic carbocycles. The molecule has 24 heteroatoms. The van der Waals surface area contributed by atoms with Gasteiger partial charge in [0.15, 0.2) is 0 Å². The van der Waals surface area contributed by atoms with E-state index in [1.54, 1.807) is 36.4 Å². The van der Waals surface area contributed by atoms with Gasteiger partial charge in [-0.15, -0.1) is 0 Å². The number of sulfonamides is 2. The lowest BCUT2D eigenvalue weighted by Crippen LogP contribution is -2.34. The van der Waals surface area contributed by atoms with Gasteiger partial charge in [-0.3, -0.25) is 9.59 Å². The SMILES string of the molecule is CN(C)C1Cc2c(Cl)cc(Cl)cc2[C@@H]1Oc1ccc(S(=O)(=O)NCCOCCOCCNC(=O)CCC(=O)NCCOCCOCCNS(=O)(=O)c2ccc(O[C@H]3c4cc(Cl)cc(Cl)c4CC3N(C)C)cc2)cc1. The van der Waals surface area contributed by atoms with Crippen LogP contribution in [-0.4, -0.2) is 158 Å². The lowest BCUT2D eigenvalue weighted by molar-refractivity contribution is -0.126. The number of benzene rings is 4. The average molecular weight is 1150 g/mol. The molecule has 2 unspecified atom stereocenters. The van der Waals surface area contributed by atoms with Gasteiger partial charge < -0.3 is 48.9 Å². The molecule has 0 radical (unpaired) electrons. The Morgan fingerprint density at radius 2 is 0.851 bits per heavy atom. The summed E-state index contributed by atoms with van der Waals surface area (Å²) in [5.41, 5.74) is 3.79. The molecule has 0 fully saturated rings. The molecule has 4 N–H and O–H groups in total. The van der Waals surface area contributed by atoms with E-state index in [2.05, 4.69) is 29.9 Å². The summed E-state index contributed by atoms with van der Waals surface area (Å²) in [7, 11) is 0.270. The molecule has 4 aromatic rings. The van der Waals surface area contributed by atoms with E-state index in [-0.39, 0.29) is 138 Å². The van der Waals surface area contributed by atoms with Gasteiger partial charge in [-0.1, -0.05) is 46.4 Å². The Labute approximate surface area is 454 Å². The molecule has 74 heavy (non-hydrogen) atoms. The maximum atomic E-state index is 12.9. The molecule has 2 amide bonds. The number of hydrogen-bond donors (Lipinski definition) is 4. The standard InChI is InChI=1S/C50H64Cl4N6O12S2/c1-59(2)45-31-39-41(27-33(51)29-43(39)53)49(45)71-35-5-9-37(10-6-35)73(63,64)57-17-21-69-25-23-67-19-15-55-47(61)13-14-48(62)56-16-20-68-24-26-70-22-18-58-74(65,66)38-11-7-36(8-12-38)72-50-42-28-34(52)30-44(54)40(42)32-46(50)60(3)4/h5-12,27-30,45-46,49-50,57-58H,13-26,31-32H2,1-4H3,(H,55,61)(H,56,62)/t45?,46?,49-,50-/m0/s1. The minimum absolute atomic E-state index is 0.00148. The zero-order valence-electron chi connectivity index (χ0n) is 41.7. The molecule has 0 saturated heterocycles. The van der Waals surface area contributed by atoms with Crippen molar-refractivity contribution >= 4 is 78.3 Å². The van der Waals surface area contributed by atoms with Gasteiger partial charge >= 0.3 is 0 Å². The molecular formula is C50H64Cl4N6O12S2. The van der Waals surface area contributed by atoms with Gasteiger partial charge in [-0.2, -0.15) is 0 Å². The number of halogens is 4. The second-order valence-electron chi connectivity index (χ2n) is 17.8. The molecule has 18 nitrogen and oxygen atoms in total. The van der Waals surface area contributed by atoms with Crippen LogP contribution >= 0.6 is 46.4 Å². The highest BCUT2D eigenvalue weighted by atomic mass is 35.5. The summed E-state index contributed by atoms with van der Waals surface area (Å²) < 4.78 is 91.2. The molecule has 4 atom stereocenters. The Bertz CT molecular complexity index is 2540. The number of amides is 2. The van der Waals surface area contributed by atoms with Crippen molar-refractivity contribution < 1.29 is 54.8 Å². The third-order valence-electron chi connectivity index (χ3n) is 12.2.